The molecule has 0 aromatic carbocycles. The van der Waals surface area contributed by atoms with Crippen LogP contribution in [-0.2, 0) is 0 Å². The minimum atomic E-state index is 0.202. The zero-order valence-corrected chi connectivity index (χ0v) is 12.1. The van der Waals surface area contributed by atoms with Crippen molar-refractivity contribution in [3.05, 3.63) is 11.9 Å². The second kappa shape index (κ2) is 5.41. The Hall–Kier alpha value is -1.60. The number of rotatable bonds is 5. The second-order valence-corrected chi connectivity index (χ2v) is 5.93. The van der Waals surface area contributed by atoms with Crippen molar-refractivity contribution < 1.29 is 5.11 Å². The number of hydrogen-bond acceptors (Lipinski definition) is 6. The van der Waals surface area contributed by atoms with Crippen LogP contribution in [0.25, 0.3) is 17.4 Å². The van der Waals surface area contributed by atoms with Gasteiger partial charge in [0, 0.05) is 18.7 Å². The van der Waals surface area contributed by atoms with Crippen molar-refractivity contribution in [2.75, 3.05) is 18.1 Å². The Balaban J connectivity index is 1.99. The van der Waals surface area contributed by atoms with Gasteiger partial charge in [-0.2, -0.15) is 4.98 Å². The summed E-state index contributed by atoms with van der Waals surface area (Å²) < 4.78 is 1.87. The average molecular weight is 291 g/mol. The van der Waals surface area contributed by atoms with E-state index in [2.05, 4.69) is 21.9 Å². The first-order chi connectivity index (χ1) is 9.72. The van der Waals surface area contributed by atoms with Gasteiger partial charge in [0.15, 0.2) is 5.65 Å². The van der Waals surface area contributed by atoms with Crippen LogP contribution in [0.15, 0.2) is 16.9 Å². The number of imidazole rings is 1. The zero-order valence-electron chi connectivity index (χ0n) is 11.3. The lowest BCUT2D eigenvalue weighted by Gasteiger charge is -2.02. The molecule has 6 nitrogen and oxygen atoms in total. The van der Waals surface area contributed by atoms with Gasteiger partial charge < -0.3 is 10.8 Å². The molecular formula is C13H17N5OS. The van der Waals surface area contributed by atoms with Gasteiger partial charge in [0.2, 0.25) is 5.95 Å². The number of aliphatic hydroxyl groups excluding tert-OH is 1. The van der Waals surface area contributed by atoms with Crippen molar-refractivity contribution in [3.8, 4) is 0 Å². The van der Waals surface area contributed by atoms with E-state index in [1.165, 1.54) is 5.57 Å². The van der Waals surface area contributed by atoms with Gasteiger partial charge in [-0.05, 0) is 24.2 Å². The second-order valence-electron chi connectivity index (χ2n) is 4.85. The summed E-state index contributed by atoms with van der Waals surface area (Å²) in [5, 5.41) is 9.92. The van der Waals surface area contributed by atoms with Crippen LogP contribution in [0.2, 0.25) is 0 Å². The number of nitrogens with two attached hydrogens (primary N) is 1. The average Bonchev–Trinajstić information content (AvgIpc) is 3.08. The zero-order chi connectivity index (χ0) is 14.1. The highest BCUT2D eigenvalue weighted by molar-refractivity contribution is 7.99. The van der Waals surface area contributed by atoms with Crippen LogP contribution in [0, 0.1) is 5.92 Å². The number of fused-ring (bicyclic) bond motifs is 1. The number of aliphatic hydroxyl groups is 1. The van der Waals surface area contributed by atoms with Gasteiger partial charge in [0.05, 0.1) is 0 Å². The van der Waals surface area contributed by atoms with E-state index in [9.17, 15) is 0 Å². The summed E-state index contributed by atoms with van der Waals surface area (Å²) in [7, 11) is 0. The molecule has 3 rings (SSSR count). The molecule has 0 aliphatic heterocycles. The maximum atomic E-state index is 9.09. The first kappa shape index (κ1) is 13.4. The molecule has 1 fully saturated rings. The molecule has 0 radical (unpaired) electrons. The summed E-state index contributed by atoms with van der Waals surface area (Å²) in [4.78, 5) is 13.0. The van der Waals surface area contributed by atoms with Crippen LogP contribution >= 0.6 is 11.8 Å². The molecule has 2 aromatic heterocycles. The summed E-state index contributed by atoms with van der Waals surface area (Å²) in [6.45, 7) is 2.33. The first-order valence-electron chi connectivity index (χ1n) is 6.67. The highest BCUT2D eigenvalue weighted by atomic mass is 32.2. The van der Waals surface area contributed by atoms with E-state index >= 15 is 0 Å². The summed E-state index contributed by atoms with van der Waals surface area (Å²) in [5.74, 6) is 1.54. The molecule has 0 unspecified atom stereocenters. The topological polar surface area (TPSA) is 89.9 Å². The lowest BCUT2D eigenvalue weighted by Crippen LogP contribution is -1.99. The van der Waals surface area contributed by atoms with E-state index in [0.717, 1.165) is 34.8 Å². The number of nitrogen functional groups attached to an aromatic ring is 1. The molecule has 0 amide bonds. The minimum Gasteiger partial charge on any atom is -0.396 e. The summed E-state index contributed by atoms with van der Waals surface area (Å²) in [6.07, 6.45) is 5.72. The third-order valence-electron chi connectivity index (χ3n) is 3.22. The largest absolute Gasteiger partial charge is 0.396 e. The maximum Gasteiger partial charge on any atom is 0.223 e. The van der Waals surface area contributed by atoms with Gasteiger partial charge in [0.25, 0.3) is 0 Å². The highest BCUT2D eigenvalue weighted by Crippen LogP contribution is 2.38. The molecule has 0 bridgehead atoms. The number of nitrogens with zero attached hydrogens (tertiary/aromatic N) is 4. The van der Waals surface area contributed by atoms with Crippen LogP contribution in [0.4, 0.5) is 5.95 Å². The molecular weight excluding hydrogens is 274 g/mol. The molecule has 1 saturated carbocycles. The van der Waals surface area contributed by atoms with Gasteiger partial charge >= 0.3 is 0 Å². The van der Waals surface area contributed by atoms with E-state index in [0.29, 0.717) is 5.92 Å². The summed E-state index contributed by atoms with van der Waals surface area (Å²) >= 11 is 1.65. The number of anilines is 1. The lowest BCUT2D eigenvalue weighted by molar-refractivity contribution is 0.281. The minimum absolute atomic E-state index is 0.202. The summed E-state index contributed by atoms with van der Waals surface area (Å²) in [6, 6.07) is 0. The molecule has 106 valence electrons. The fourth-order valence-corrected chi connectivity index (χ4v) is 2.88. The van der Waals surface area contributed by atoms with E-state index in [1.54, 1.807) is 18.1 Å². The van der Waals surface area contributed by atoms with Crippen molar-refractivity contribution in [1.82, 2.24) is 19.5 Å². The highest BCUT2D eigenvalue weighted by Gasteiger charge is 2.29. The van der Waals surface area contributed by atoms with Crippen LogP contribution in [0.3, 0.4) is 0 Å². The Bertz CT molecular complexity index is 666. The van der Waals surface area contributed by atoms with Gasteiger partial charge in [0.1, 0.15) is 16.9 Å². The van der Waals surface area contributed by atoms with Crippen molar-refractivity contribution >= 4 is 35.1 Å². The molecule has 7 heteroatoms. The molecule has 0 spiro atoms. The Morgan fingerprint density at radius 2 is 2.40 bits per heavy atom. The Labute approximate surface area is 121 Å². The molecule has 2 aromatic rings. The molecule has 20 heavy (non-hydrogen) atoms. The van der Waals surface area contributed by atoms with Gasteiger partial charge in [-0.15, -0.1) is 11.8 Å². The molecule has 1 aliphatic rings. The SMILES string of the molecule is CCCSc1nc(N)nc2c1ncn2/C=C1/C[C@@H]1CO. The smallest absolute Gasteiger partial charge is 0.223 e. The van der Waals surface area contributed by atoms with Gasteiger partial charge in [-0.25, -0.2) is 9.97 Å². The Kier molecular flexibility index (Phi) is 3.62. The van der Waals surface area contributed by atoms with Crippen LogP contribution in [0.5, 0.6) is 0 Å². The van der Waals surface area contributed by atoms with Crippen molar-refractivity contribution in [1.29, 1.82) is 0 Å². The van der Waals surface area contributed by atoms with E-state index in [-0.39, 0.29) is 12.6 Å². The van der Waals surface area contributed by atoms with Gasteiger partial charge in [-0.1, -0.05) is 6.92 Å². The number of aromatic nitrogens is 4. The maximum absolute atomic E-state index is 9.09. The summed E-state index contributed by atoms with van der Waals surface area (Å²) in [5.41, 5.74) is 8.52. The van der Waals surface area contributed by atoms with E-state index in [4.69, 9.17) is 10.8 Å². The van der Waals surface area contributed by atoms with E-state index in [1.807, 2.05) is 10.8 Å². The standard InChI is InChI=1S/C13H17N5OS/c1-2-3-20-12-10-11(16-13(14)17-12)18(7-15-10)5-8-4-9(8)6-19/h5,7,9,19H,2-4,6H2,1H3,(H2,14,16,17)/b8-5-/t9-/m1/s1. The lowest BCUT2D eigenvalue weighted by atomic mass is 10.4. The molecule has 3 N–H and O–H groups in total. The van der Waals surface area contributed by atoms with E-state index < -0.39 is 0 Å². The van der Waals surface area contributed by atoms with Crippen molar-refractivity contribution in [2.24, 2.45) is 5.92 Å². The number of thioether (sulfide) groups is 1. The van der Waals surface area contributed by atoms with Crippen LogP contribution in [0.1, 0.15) is 19.8 Å². The molecule has 1 atom stereocenters. The first-order valence-corrected chi connectivity index (χ1v) is 7.65. The fourth-order valence-electron chi connectivity index (χ4n) is 2.04. The van der Waals surface area contributed by atoms with Crippen molar-refractivity contribution in [2.45, 2.75) is 24.8 Å². The van der Waals surface area contributed by atoms with Gasteiger partial charge in [-0.3, -0.25) is 4.57 Å². The Morgan fingerprint density at radius 1 is 1.55 bits per heavy atom. The quantitative estimate of drug-likeness (QED) is 0.644. The van der Waals surface area contributed by atoms with Crippen LogP contribution < -0.4 is 5.73 Å². The number of hydrogen-bond donors (Lipinski definition) is 2. The molecule has 1 aliphatic carbocycles. The third-order valence-corrected chi connectivity index (χ3v) is 4.39. The normalized spacial score (nSPS) is 19.9. The predicted molar refractivity (Wildman–Crippen MR) is 80.2 cm³/mol. The monoisotopic (exact) mass is 291 g/mol. The molecule has 0 saturated heterocycles. The molecule has 2 heterocycles. The van der Waals surface area contributed by atoms with Crippen LogP contribution in [-0.4, -0.2) is 37.0 Å². The fraction of sp³-hybridized carbons (Fsp3) is 0.462. The van der Waals surface area contributed by atoms with Crippen molar-refractivity contribution in [3.63, 3.8) is 0 Å². The predicted octanol–water partition coefficient (Wildman–Crippen LogP) is 1.76. The third kappa shape index (κ3) is 2.51. The Morgan fingerprint density at radius 3 is 3.10 bits per heavy atom.